The van der Waals surface area contributed by atoms with Crippen LogP contribution in [0.3, 0.4) is 0 Å². The van der Waals surface area contributed by atoms with E-state index < -0.39 is 8.07 Å². The number of nitrogens with zero attached hydrogens (tertiary/aromatic N) is 2. The second kappa shape index (κ2) is 34.4. The third-order valence-electron chi connectivity index (χ3n) is 12.6. The Morgan fingerprint density at radius 1 is 0.517 bits per heavy atom. The normalized spacial score (nSPS) is 13.2. The van der Waals surface area contributed by atoms with Crippen molar-refractivity contribution in [3.8, 4) is 0 Å². The number of rotatable bonds is 37. The van der Waals surface area contributed by atoms with Crippen molar-refractivity contribution in [1.82, 2.24) is 0 Å². The molecule has 0 bridgehead atoms. The molecule has 58 heavy (non-hydrogen) atoms. The molecule has 0 aliphatic heterocycles. The zero-order valence-electron chi connectivity index (χ0n) is 39.7. The second-order valence-electron chi connectivity index (χ2n) is 19.0. The van der Waals surface area contributed by atoms with Gasteiger partial charge in [0.1, 0.15) is 0 Å². The molecular weight excluding hydrogens is 717 g/mol. The quantitative estimate of drug-likeness (QED) is 0.0369. The van der Waals surface area contributed by atoms with E-state index in [4.69, 9.17) is 9.98 Å². The Bertz CT molecular complexity index is 1350. The number of aliphatic imine (C=N–C) groups is 2. The predicted molar refractivity (Wildman–Crippen MR) is 267 cm³/mol. The zero-order valence-corrected chi connectivity index (χ0v) is 40.7. The first-order valence-corrected chi connectivity index (χ1v) is 28.8. The molecule has 1 atom stereocenters. The molecule has 1 unspecified atom stereocenters. The van der Waals surface area contributed by atoms with Gasteiger partial charge in [-0.05, 0) is 79.6 Å². The summed E-state index contributed by atoms with van der Waals surface area (Å²) in [5.41, 5.74) is 7.44. The molecule has 2 aromatic rings. The molecule has 0 aromatic heterocycles. The maximum absolute atomic E-state index is 5.18. The molecule has 0 spiro atoms. The Morgan fingerprint density at radius 3 is 1.40 bits per heavy atom. The highest BCUT2D eigenvalue weighted by Crippen LogP contribution is 2.29. The van der Waals surface area contributed by atoms with E-state index in [2.05, 4.69) is 108 Å². The van der Waals surface area contributed by atoms with Crippen LogP contribution in [0.4, 0.5) is 11.4 Å². The maximum atomic E-state index is 5.18. The standard InChI is InChI=1S/C55H94N2Si/c1-8-10-12-14-16-18-20-21-22-23-24-25-26-27-28-30-32-34-36-38-43-55(49(3)56-54-42-39-41-52(48-54)50(4)58(5,6)7)57-53-46-44-51(45-47-53)40-37-35-33-31-29-19-17-15-13-11-9-2/h38-39,41-48,50H,8-37,40H2,1-7H3/b43-38+,56-49?,57-55?. The van der Waals surface area contributed by atoms with Gasteiger partial charge in [0.25, 0.3) is 0 Å². The maximum Gasteiger partial charge on any atom is 0.0845 e. The van der Waals surface area contributed by atoms with E-state index >= 15 is 0 Å². The molecule has 0 saturated carbocycles. The van der Waals surface area contributed by atoms with Crippen LogP contribution in [0.1, 0.15) is 237 Å². The van der Waals surface area contributed by atoms with Gasteiger partial charge in [-0.2, -0.15) is 0 Å². The fourth-order valence-corrected chi connectivity index (χ4v) is 9.26. The Morgan fingerprint density at radius 2 is 0.948 bits per heavy atom. The van der Waals surface area contributed by atoms with Crippen molar-refractivity contribution >= 4 is 30.9 Å². The van der Waals surface area contributed by atoms with Crippen molar-refractivity contribution in [3.63, 3.8) is 0 Å². The summed E-state index contributed by atoms with van der Waals surface area (Å²) in [6.07, 6.45) is 47.7. The van der Waals surface area contributed by atoms with Crippen LogP contribution >= 0.6 is 0 Å². The van der Waals surface area contributed by atoms with Gasteiger partial charge in [-0.3, -0.25) is 4.99 Å². The molecule has 0 heterocycles. The van der Waals surface area contributed by atoms with Gasteiger partial charge < -0.3 is 0 Å². The number of benzene rings is 2. The summed E-state index contributed by atoms with van der Waals surface area (Å²) in [5, 5.41) is 0. The number of allylic oxidation sites excluding steroid dienone is 2. The highest BCUT2D eigenvalue weighted by atomic mass is 28.3. The zero-order chi connectivity index (χ0) is 41.9. The van der Waals surface area contributed by atoms with Gasteiger partial charge in [-0.15, -0.1) is 0 Å². The Hall–Kier alpha value is -2.26. The average Bonchev–Trinajstić information content (AvgIpc) is 3.21. The van der Waals surface area contributed by atoms with Crippen molar-refractivity contribution in [2.45, 2.75) is 252 Å². The first-order chi connectivity index (χ1) is 28.2. The molecule has 0 saturated heterocycles. The van der Waals surface area contributed by atoms with E-state index in [1.54, 1.807) is 0 Å². The third kappa shape index (κ3) is 26.8. The monoisotopic (exact) mass is 811 g/mol. The van der Waals surface area contributed by atoms with Gasteiger partial charge in [0.05, 0.1) is 30.9 Å². The lowest BCUT2D eigenvalue weighted by atomic mass is 10.0. The van der Waals surface area contributed by atoms with Crippen LogP contribution in [0.5, 0.6) is 0 Å². The van der Waals surface area contributed by atoms with E-state index in [0.29, 0.717) is 5.54 Å². The molecule has 3 heteroatoms. The van der Waals surface area contributed by atoms with Crippen LogP contribution in [0, 0.1) is 0 Å². The van der Waals surface area contributed by atoms with Crippen LogP contribution in [-0.4, -0.2) is 19.5 Å². The van der Waals surface area contributed by atoms with Gasteiger partial charge in [0.15, 0.2) is 0 Å². The highest BCUT2D eigenvalue weighted by Gasteiger charge is 2.23. The summed E-state index contributed by atoms with van der Waals surface area (Å²) in [6.45, 7) is 16.5. The van der Waals surface area contributed by atoms with Crippen molar-refractivity contribution in [2.75, 3.05) is 0 Å². The Labute approximate surface area is 363 Å². The molecule has 0 radical (unpaired) electrons. The molecule has 0 N–H and O–H groups in total. The van der Waals surface area contributed by atoms with Crippen LogP contribution in [-0.2, 0) is 6.42 Å². The van der Waals surface area contributed by atoms with E-state index in [0.717, 1.165) is 29.2 Å². The Kier molecular flexibility index (Phi) is 30.8. The number of hydrogen-bond donors (Lipinski definition) is 0. The lowest BCUT2D eigenvalue weighted by Gasteiger charge is -2.25. The Balaban J connectivity index is 1.81. The molecule has 0 aliphatic carbocycles. The summed E-state index contributed by atoms with van der Waals surface area (Å²) in [5.74, 6) is 0. The van der Waals surface area contributed by atoms with Gasteiger partial charge >= 0.3 is 0 Å². The van der Waals surface area contributed by atoms with Crippen LogP contribution in [0.25, 0.3) is 0 Å². The minimum Gasteiger partial charge on any atom is -0.252 e. The highest BCUT2D eigenvalue weighted by molar-refractivity contribution is 6.77. The van der Waals surface area contributed by atoms with E-state index in [9.17, 15) is 0 Å². The SMILES string of the molecule is CCCCCCCCCCCCCCCCCCCC/C=C/C(=Nc1ccc(CCCCCCCCCCCCC)cc1)C(C)=Nc1cccc(C(C)[Si](C)(C)C)c1. The first-order valence-electron chi connectivity index (χ1n) is 25.2. The lowest BCUT2D eigenvalue weighted by Crippen LogP contribution is -2.28. The molecule has 2 nitrogen and oxygen atoms in total. The second-order valence-corrected chi connectivity index (χ2v) is 24.6. The summed E-state index contributed by atoms with van der Waals surface area (Å²) < 4.78 is 0. The van der Waals surface area contributed by atoms with Crippen molar-refractivity contribution in [3.05, 3.63) is 71.8 Å². The molecule has 2 rings (SSSR count). The summed E-state index contributed by atoms with van der Waals surface area (Å²) in [4.78, 5) is 10.3. The van der Waals surface area contributed by atoms with E-state index in [1.165, 1.54) is 204 Å². The minimum atomic E-state index is -1.30. The molecule has 2 aromatic carbocycles. The number of hydrogen-bond acceptors (Lipinski definition) is 2. The van der Waals surface area contributed by atoms with Crippen molar-refractivity contribution in [2.24, 2.45) is 9.98 Å². The largest absolute Gasteiger partial charge is 0.252 e. The molecule has 328 valence electrons. The molecule has 0 amide bonds. The fraction of sp³-hybridized carbons (Fsp3) is 0.709. The smallest absolute Gasteiger partial charge is 0.0845 e. The van der Waals surface area contributed by atoms with Crippen molar-refractivity contribution in [1.29, 1.82) is 0 Å². The first kappa shape index (κ1) is 51.9. The van der Waals surface area contributed by atoms with Gasteiger partial charge in [-0.25, -0.2) is 4.99 Å². The fourth-order valence-electron chi connectivity index (χ4n) is 8.08. The summed E-state index contributed by atoms with van der Waals surface area (Å²) >= 11 is 0. The third-order valence-corrected chi connectivity index (χ3v) is 15.5. The summed E-state index contributed by atoms with van der Waals surface area (Å²) in [6, 6.07) is 17.9. The molecule has 0 fully saturated rings. The van der Waals surface area contributed by atoms with Crippen LogP contribution in [0.15, 0.2) is 70.7 Å². The number of aryl methyl sites for hydroxylation is 1. The molecular formula is C55H94N2Si. The van der Waals surface area contributed by atoms with E-state index in [-0.39, 0.29) is 0 Å². The molecule has 0 aliphatic rings. The van der Waals surface area contributed by atoms with Gasteiger partial charge in [0, 0.05) is 0 Å². The van der Waals surface area contributed by atoms with Gasteiger partial charge in [0.2, 0.25) is 0 Å². The lowest BCUT2D eigenvalue weighted by molar-refractivity contribution is 0.525. The van der Waals surface area contributed by atoms with Crippen LogP contribution in [0.2, 0.25) is 19.6 Å². The minimum absolute atomic E-state index is 0.592. The van der Waals surface area contributed by atoms with Crippen LogP contribution < -0.4 is 0 Å². The topological polar surface area (TPSA) is 24.7 Å². The summed E-state index contributed by atoms with van der Waals surface area (Å²) in [7, 11) is -1.30. The average molecular weight is 811 g/mol. The number of unbranched alkanes of at least 4 members (excludes halogenated alkanes) is 28. The van der Waals surface area contributed by atoms with Crippen molar-refractivity contribution < 1.29 is 0 Å². The predicted octanol–water partition coefficient (Wildman–Crippen LogP) is 19.4. The van der Waals surface area contributed by atoms with E-state index in [1.807, 2.05) is 0 Å². The van der Waals surface area contributed by atoms with Gasteiger partial charge in [-0.1, -0.05) is 244 Å².